The molecule has 2 aromatic rings. The number of benzene rings is 2. The number of hydrogen-bond acceptors (Lipinski definition) is 4. The van der Waals surface area contributed by atoms with Crippen LogP contribution in [0.5, 0.6) is 11.5 Å². The zero-order chi connectivity index (χ0) is 19.5. The van der Waals surface area contributed by atoms with Crippen LogP contribution in [0.2, 0.25) is 0 Å². The van der Waals surface area contributed by atoms with Crippen molar-refractivity contribution in [3.8, 4) is 11.5 Å². The number of thioether (sulfide) groups is 1. The quantitative estimate of drug-likeness (QED) is 0.170. The summed E-state index contributed by atoms with van der Waals surface area (Å²) in [5.74, 6) is 2.89. The van der Waals surface area contributed by atoms with Gasteiger partial charge in [-0.15, -0.1) is 35.7 Å². The molecule has 0 aliphatic heterocycles. The van der Waals surface area contributed by atoms with Gasteiger partial charge in [-0.25, -0.2) is 4.39 Å². The smallest absolute Gasteiger partial charge is 0.191 e. The third-order valence-electron chi connectivity index (χ3n) is 3.85. The van der Waals surface area contributed by atoms with E-state index in [1.807, 2.05) is 18.2 Å². The lowest BCUT2D eigenvalue weighted by Gasteiger charge is -2.15. The maximum Gasteiger partial charge on any atom is 0.191 e. The minimum Gasteiger partial charge on any atom is -0.493 e. The lowest BCUT2D eigenvalue weighted by molar-refractivity contribution is 0.351. The Morgan fingerprint density at radius 2 is 1.82 bits per heavy atom. The van der Waals surface area contributed by atoms with Gasteiger partial charge in [0, 0.05) is 30.6 Å². The Hall–Kier alpha value is -1.68. The molecule has 0 radical (unpaired) electrons. The van der Waals surface area contributed by atoms with Gasteiger partial charge in [-0.05, 0) is 42.5 Å². The minimum atomic E-state index is -0.205. The molecule has 0 amide bonds. The van der Waals surface area contributed by atoms with Gasteiger partial charge < -0.3 is 20.1 Å². The molecule has 2 rings (SSSR count). The van der Waals surface area contributed by atoms with Crippen LogP contribution in [0.3, 0.4) is 0 Å². The van der Waals surface area contributed by atoms with Crippen molar-refractivity contribution in [2.24, 2.45) is 4.99 Å². The maximum atomic E-state index is 12.9. The first-order valence-corrected chi connectivity index (χ1v) is 9.69. The number of para-hydroxylation sites is 1. The fourth-order valence-corrected chi connectivity index (χ4v) is 3.35. The molecule has 0 unspecified atom stereocenters. The topological polar surface area (TPSA) is 54.9 Å². The standard InChI is InChI=1S/C20H26FN3O2S.HI/c1-22-20(23-12-5-13-27-17-10-8-16(21)9-11-17)24-14-15-6-4-7-18(25-2)19(15)26-3;/h4,6-11H,5,12-14H2,1-3H3,(H2,22,23,24);1H. The zero-order valence-electron chi connectivity index (χ0n) is 16.3. The number of guanidine groups is 1. The van der Waals surface area contributed by atoms with E-state index >= 15 is 0 Å². The Morgan fingerprint density at radius 3 is 2.46 bits per heavy atom. The van der Waals surface area contributed by atoms with Gasteiger partial charge in [0.2, 0.25) is 0 Å². The Labute approximate surface area is 187 Å². The summed E-state index contributed by atoms with van der Waals surface area (Å²) in [5.41, 5.74) is 0.992. The lowest BCUT2D eigenvalue weighted by Crippen LogP contribution is -2.37. The average Bonchev–Trinajstić information content (AvgIpc) is 2.70. The molecule has 154 valence electrons. The van der Waals surface area contributed by atoms with Gasteiger partial charge in [-0.3, -0.25) is 4.99 Å². The normalized spacial score (nSPS) is 10.8. The van der Waals surface area contributed by atoms with E-state index in [1.165, 1.54) is 12.1 Å². The molecule has 0 saturated carbocycles. The van der Waals surface area contributed by atoms with Gasteiger partial charge in [-0.2, -0.15) is 0 Å². The third-order valence-corrected chi connectivity index (χ3v) is 4.95. The third kappa shape index (κ3) is 7.75. The Morgan fingerprint density at radius 1 is 1.07 bits per heavy atom. The SMILES string of the molecule is CN=C(NCCCSc1ccc(F)cc1)NCc1cccc(OC)c1OC.I. The summed E-state index contributed by atoms with van der Waals surface area (Å²) in [6.45, 7) is 1.37. The van der Waals surface area contributed by atoms with E-state index in [9.17, 15) is 4.39 Å². The van der Waals surface area contributed by atoms with Crippen molar-refractivity contribution in [2.75, 3.05) is 33.6 Å². The second-order valence-electron chi connectivity index (χ2n) is 5.66. The first-order valence-electron chi connectivity index (χ1n) is 8.70. The largest absolute Gasteiger partial charge is 0.493 e. The fourth-order valence-electron chi connectivity index (χ4n) is 2.49. The minimum absolute atomic E-state index is 0. The highest BCUT2D eigenvalue weighted by atomic mass is 127. The van der Waals surface area contributed by atoms with Gasteiger partial charge >= 0.3 is 0 Å². The molecule has 2 N–H and O–H groups in total. The van der Waals surface area contributed by atoms with Gasteiger partial charge in [0.1, 0.15) is 5.82 Å². The lowest BCUT2D eigenvalue weighted by atomic mass is 10.2. The maximum absolute atomic E-state index is 12.9. The van der Waals surface area contributed by atoms with Gasteiger partial charge in [0.05, 0.1) is 14.2 Å². The summed E-state index contributed by atoms with van der Waals surface area (Å²) in [7, 11) is 5.00. The van der Waals surface area contributed by atoms with Crippen molar-refractivity contribution in [3.05, 3.63) is 53.8 Å². The molecular weight excluding hydrogens is 492 g/mol. The van der Waals surface area contributed by atoms with Crippen LogP contribution < -0.4 is 20.1 Å². The molecule has 0 aromatic heterocycles. The molecule has 0 aliphatic carbocycles. The predicted molar refractivity (Wildman–Crippen MR) is 125 cm³/mol. The molecule has 0 bridgehead atoms. The Kier molecular flexibility index (Phi) is 11.7. The number of nitrogens with one attached hydrogen (secondary N) is 2. The van der Waals surface area contributed by atoms with Crippen LogP contribution >= 0.6 is 35.7 Å². The van der Waals surface area contributed by atoms with Crippen molar-refractivity contribution in [3.63, 3.8) is 0 Å². The molecule has 28 heavy (non-hydrogen) atoms. The molecule has 2 aromatic carbocycles. The fraction of sp³-hybridized carbons (Fsp3) is 0.350. The molecule has 0 atom stereocenters. The van der Waals surface area contributed by atoms with Crippen molar-refractivity contribution >= 4 is 41.7 Å². The van der Waals surface area contributed by atoms with Crippen molar-refractivity contribution in [1.29, 1.82) is 0 Å². The van der Waals surface area contributed by atoms with Crippen molar-refractivity contribution in [2.45, 2.75) is 17.9 Å². The van der Waals surface area contributed by atoms with Crippen LogP contribution in [0.15, 0.2) is 52.4 Å². The number of halogens is 2. The van der Waals surface area contributed by atoms with E-state index in [0.29, 0.717) is 12.3 Å². The highest BCUT2D eigenvalue weighted by Gasteiger charge is 2.09. The van der Waals surface area contributed by atoms with Crippen molar-refractivity contribution in [1.82, 2.24) is 10.6 Å². The molecule has 5 nitrogen and oxygen atoms in total. The van der Waals surface area contributed by atoms with E-state index in [0.717, 1.165) is 40.9 Å². The molecule has 0 saturated heterocycles. The second kappa shape index (κ2) is 13.5. The van der Waals surface area contributed by atoms with Crippen LogP contribution in [-0.2, 0) is 6.54 Å². The number of ether oxygens (including phenoxy) is 2. The van der Waals surface area contributed by atoms with Gasteiger partial charge in [0.15, 0.2) is 17.5 Å². The first kappa shape index (κ1) is 24.4. The molecule has 0 fully saturated rings. The van der Waals surface area contributed by atoms with Crippen LogP contribution in [0, 0.1) is 5.82 Å². The van der Waals surface area contributed by atoms with Crippen LogP contribution in [0.25, 0.3) is 0 Å². The summed E-state index contributed by atoms with van der Waals surface area (Å²) in [6, 6.07) is 12.4. The van der Waals surface area contributed by atoms with Crippen LogP contribution in [-0.4, -0.2) is 39.5 Å². The number of aliphatic imine (C=N–C) groups is 1. The summed E-state index contributed by atoms with van der Waals surface area (Å²) in [6.07, 6.45) is 0.964. The van der Waals surface area contributed by atoms with E-state index in [2.05, 4.69) is 15.6 Å². The van der Waals surface area contributed by atoms with Crippen LogP contribution in [0.1, 0.15) is 12.0 Å². The summed E-state index contributed by atoms with van der Waals surface area (Å²) < 4.78 is 23.7. The summed E-state index contributed by atoms with van der Waals surface area (Å²) >= 11 is 1.71. The molecule has 0 aliphatic rings. The summed E-state index contributed by atoms with van der Waals surface area (Å²) in [5, 5.41) is 6.58. The van der Waals surface area contributed by atoms with E-state index in [1.54, 1.807) is 45.2 Å². The van der Waals surface area contributed by atoms with Crippen LogP contribution in [0.4, 0.5) is 4.39 Å². The molecular formula is C20H27FIN3O2S. The highest BCUT2D eigenvalue weighted by molar-refractivity contribution is 14.0. The van der Waals surface area contributed by atoms with E-state index < -0.39 is 0 Å². The predicted octanol–water partition coefficient (Wildman–Crippen LogP) is 4.31. The van der Waals surface area contributed by atoms with E-state index in [-0.39, 0.29) is 29.8 Å². The Bertz CT molecular complexity index is 745. The molecule has 0 heterocycles. The first-order chi connectivity index (χ1) is 13.2. The zero-order valence-corrected chi connectivity index (χ0v) is 19.5. The summed E-state index contributed by atoms with van der Waals surface area (Å²) in [4.78, 5) is 5.31. The second-order valence-corrected chi connectivity index (χ2v) is 6.83. The monoisotopic (exact) mass is 519 g/mol. The van der Waals surface area contributed by atoms with Gasteiger partial charge in [-0.1, -0.05) is 12.1 Å². The highest BCUT2D eigenvalue weighted by Crippen LogP contribution is 2.30. The number of nitrogens with zero attached hydrogens (tertiary/aromatic N) is 1. The average molecular weight is 519 g/mol. The van der Waals surface area contributed by atoms with E-state index in [4.69, 9.17) is 9.47 Å². The molecule has 8 heteroatoms. The van der Waals surface area contributed by atoms with Gasteiger partial charge in [0.25, 0.3) is 0 Å². The Balaban J connectivity index is 0.00000392. The number of hydrogen-bond donors (Lipinski definition) is 2. The number of rotatable bonds is 9. The number of methoxy groups -OCH3 is 2. The molecule has 0 spiro atoms. The van der Waals surface area contributed by atoms with Crippen molar-refractivity contribution < 1.29 is 13.9 Å².